The van der Waals surface area contributed by atoms with Gasteiger partial charge in [-0.1, -0.05) is 24.4 Å². The lowest BCUT2D eigenvalue weighted by atomic mass is 10.2. The molecule has 0 bridgehead atoms. The van der Waals surface area contributed by atoms with E-state index in [0.717, 1.165) is 32.4 Å². The molecule has 2 fully saturated rings. The zero-order valence-corrected chi connectivity index (χ0v) is 13.3. The van der Waals surface area contributed by atoms with Gasteiger partial charge in [-0.05, 0) is 18.9 Å². The molecule has 1 unspecified atom stereocenters. The maximum absolute atomic E-state index is 12.5. The molecule has 120 valence electrons. The molecule has 1 atom stereocenters. The number of carbonyl (C=O) groups is 1. The molecule has 0 N–H and O–H groups in total. The molecule has 0 aliphatic carbocycles. The van der Waals surface area contributed by atoms with Crippen molar-refractivity contribution in [3.05, 3.63) is 22.8 Å². The first-order valence-corrected chi connectivity index (χ1v) is 8.31. The Morgan fingerprint density at radius 2 is 2.09 bits per heavy atom. The van der Waals surface area contributed by atoms with Crippen molar-refractivity contribution in [1.82, 2.24) is 9.88 Å². The van der Waals surface area contributed by atoms with E-state index in [9.17, 15) is 4.79 Å². The Bertz CT molecular complexity index is 524. The second-order valence-corrected chi connectivity index (χ2v) is 6.23. The van der Waals surface area contributed by atoms with Gasteiger partial charge >= 0.3 is 0 Å². The fourth-order valence-electron chi connectivity index (χ4n) is 2.85. The summed E-state index contributed by atoms with van der Waals surface area (Å²) >= 11 is 6.22. The highest BCUT2D eigenvalue weighted by Gasteiger charge is 2.22. The third-order valence-electron chi connectivity index (χ3n) is 4.11. The molecule has 0 spiro atoms. The van der Waals surface area contributed by atoms with Gasteiger partial charge in [0.15, 0.2) is 0 Å². The van der Waals surface area contributed by atoms with Gasteiger partial charge in [0.2, 0.25) is 5.88 Å². The largest absolute Gasteiger partial charge is 0.471 e. The van der Waals surface area contributed by atoms with Crippen molar-refractivity contribution in [2.45, 2.75) is 38.2 Å². The molecule has 3 rings (SSSR count). The van der Waals surface area contributed by atoms with E-state index >= 15 is 0 Å². The number of ether oxygens (including phenoxy) is 2. The van der Waals surface area contributed by atoms with Crippen LogP contribution < -0.4 is 4.74 Å². The monoisotopic (exact) mass is 324 g/mol. The van der Waals surface area contributed by atoms with Gasteiger partial charge in [0.05, 0.1) is 18.8 Å². The van der Waals surface area contributed by atoms with E-state index in [0.29, 0.717) is 29.7 Å². The number of hydrogen-bond acceptors (Lipinski definition) is 4. The number of hydrogen-bond donors (Lipinski definition) is 0. The van der Waals surface area contributed by atoms with Crippen LogP contribution in [0.4, 0.5) is 0 Å². The second-order valence-electron chi connectivity index (χ2n) is 5.82. The smallest absolute Gasteiger partial charge is 0.255 e. The van der Waals surface area contributed by atoms with Gasteiger partial charge in [-0.15, -0.1) is 0 Å². The second kappa shape index (κ2) is 7.29. The minimum absolute atomic E-state index is 0.00263. The first-order valence-electron chi connectivity index (χ1n) is 7.93. The predicted octanol–water partition coefficient (Wildman–Crippen LogP) is 2.92. The fourth-order valence-corrected chi connectivity index (χ4v) is 3.06. The lowest BCUT2D eigenvalue weighted by molar-refractivity contribution is 0.0761. The molecule has 2 aliphatic rings. The minimum atomic E-state index is -0.00263. The Kier molecular flexibility index (Phi) is 5.16. The van der Waals surface area contributed by atoms with Crippen LogP contribution in [0.25, 0.3) is 0 Å². The van der Waals surface area contributed by atoms with E-state index in [1.165, 1.54) is 12.8 Å². The number of rotatable bonds is 3. The quantitative estimate of drug-likeness (QED) is 0.858. The van der Waals surface area contributed by atoms with Crippen LogP contribution in [0.15, 0.2) is 12.3 Å². The number of amides is 1. The van der Waals surface area contributed by atoms with Crippen LogP contribution in [0.2, 0.25) is 5.02 Å². The number of halogens is 1. The molecular formula is C16H21ClN2O3. The van der Waals surface area contributed by atoms with Crippen LogP contribution in [-0.4, -0.2) is 48.2 Å². The van der Waals surface area contributed by atoms with Crippen molar-refractivity contribution >= 4 is 17.5 Å². The van der Waals surface area contributed by atoms with Crippen molar-refractivity contribution in [2.75, 3.05) is 26.3 Å². The normalized spacial score (nSPS) is 22.4. The lowest BCUT2D eigenvalue weighted by Gasteiger charge is -2.20. The number of carbonyl (C=O) groups excluding carboxylic acids is 1. The highest BCUT2D eigenvalue weighted by Crippen LogP contribution is 2.26. The first kappa shape index (κ1) is 15.6. The summed E-state index contributed by atoms with van der Waals surface area (Å²) in [6.45, 7) is 2.89. The summed E-state index contributed by atoms with van der Waals surface area (Å²) < 4.78 is 11.0. The molecule has 0 saturated carbocycles. The maximum atomic E-state index is 12.5. The third kappa shape index (κ3) is 3.70. The summed E-state index contributed by atoms with van der Waals surface area (Å²) in [5.74, 6) is 0.386. The van der Waals surface area contributed by atoms with Crippen molar-refractivity contribution < 1.29 is 14.3 Å². The van der Waals surface area contributed by atoms with Gasteiger partial charge in [0.25, 0.3) is 5.91 Å². The summed E-state index contributed by atoms with van der Waals surface area (Å²) in [5, 5.41) is 0.382. The van der Waals surface area contributed by atoms with E-state index in [1.807, 2.05) is 4.90 Å². The number of aromatic nitrogens is 1. The molecular weight excluding hydrogens is 304 g/mol. The molecule has 2 saturated heterocycles. The average Bonchev–Trinajstić information content (AvgIpc) is 2.88. The number of likely N-dealkylation sites (tertiary alicyclic amines) is 1. The van der Waals surface area contributed by atoms with Gasteiger partial charge in [0.1, 0.15) is 11.1 Å². The van der Waals surface area contributed by atoms with E-state index in [4.69, 9.17) is 21.1 Å². The zero-order valence-electron chi connectivity index (χ0n) is 12.6. The standard InChI is InChI=1S/C16H21ClN2O3/c17-14-9-12(16(20)19-6-3-1-2-4-7-19)10-18-15(14)22-13-5-8-21-11-13/h9-10,13H,1-8,11H2. The van der Waals surface area contributed by atoms with Crippen LogP contribution >= 0.6 is 11.6 Å². The zero-order chi connectivity index (χ0) is 15.4. The van der Waals surface area contributed by atoms with Gasteiger partial charge in [-0.3, -0.25) is 4.79 Å². The summed E-state index contributed by atoms with van der Waals surface area (Å²) in [6, 6.07) is 1.66. The van der Waals surface area contributed by atoms with Gasteiger partial charge in [-0.25, -0.2) is 4.98 Å². The van der Waals surface area contributed by atoms with E-state index < -0.39 is 0 Å². The Balaban J connectivity index is 1.68. The predicted molar refractivity (Wildman–Crippen MR) is 83.5 cm³/mol. The van der Waals surface area contributed by atoms with Crippen LogP contribution in [0.3, 0.4) is 0 Å². The summed E-state index contributed by atoms with van der Waals surface area (Å²) in [5.41, 5.74) is 0.530. The van der Waals surface area contributed by atoms with Crippen LogP contribution in [0.1, 0.15) is 42.5 Å². The SMILES string of the molecule is O=C(c1cnc(OC2CCOC2)c(Cl)c1)N1CCCCCC1. The fraction of sp³-hybridized carbons (Fsp3) is 0.625. The maximum Gasteiger partial charge on any atom is 0.255 e. The Morgan fingerprint density at radius 1 is 1.32 bits per heavy atom. The Labute approximate surface area is 135 Å². The topological polar surface area (TPSA) is 51.7 Å². The highest BCUT2D eigenvalue weighted by atomic mass is 35.5. The molecule has 0 radical (unpaired) electrons. The van der Waals surface area contributed by atoms with E-state index in [-0.39, 0.29) is 12.0 Å². The van der Waals surface area contributed by atoms with Crippen molar-refractivity contribution in [1.29, 1.82) is 0 Å². The van der Waals surface area contributed by atoms with Crippen molar-refractivity contribution in [3.8, 4) is 5.88 Å². The lowest BCUT2D eigenvalue weighted by Crippen LogP contribution is -2.31. The molecule has 1 amide bonds. The number of pyridine rings is 1. The van der Waals surface area contributed by atoms with E-state index in [1.54, 1.807) is 12.3 Å². The molecule has 22 heavy (non-hydrogen) atoms. The van der Waals surface area contributed by atoms with Crippen molar-refractivity contribution in [2.24, 2.45) is 0 Å². The summed E-state index contributed by atoms with van der Waals surface area (Å²) in [6.07, 6.45) is 6.91. The third-order valence-corrected chi connectivity index (χ3v) is 4.38. The van der Waals surface area contributed by atoms with Crippen LogP contribution in [0.5, 0.6) is 5.88 Å². The average molecular weight is 325 g/mol. The molecule has 2 aliphatic heterocycles. The van der Waals surface area contributed by atoms with Gasteiger partial charge in [0, 0.05) is 25.7 Å². The van der Waals surface area contributed by atoms with Crippen molar-refractivity contribution in [3.63, 3.8) is 0 Å². The van der Waals surface area contributed by atoms with Crippen LogP contribution in [0, 0.1) is 0 Å². The van der Waals surface area contributed by atoms with Crippen LogP contribution in [-0.2, 0) is 4.74 Å². The molecule has 6 heteroatoms. The molecule has 3 heterocycles. The minimum Gasteiger partial charge on any atom is -0.471 e. The molecule has 0 aromatic carbocycles. The molecule has 1 aromatic heterocycles. The summed E-state index contributed by atoms with van der Waals surface area (Å²) in [7, 11) is 0. The highest BCUT2D eigenvalue weighted by molar-refractivity contribution is 6.32. The molecule has 5 nitrogen and oxygen atoms in total. The molecule has 1 aromatic rings. The van der Waals surface area contributed by atoms with Gasteiger partial charge < -0.3 is 14.4 Å². The van der Waals surface area contributed by atoms with Gasteiger partial charge in [-0.2, -0.15) is 0 Å². The Morgan fingerprint density at radius 3 is 2.73 bits per heavy atom. The number of nitrogens with zero attached hydrogens (tertiary/aromatic N) is 2. The summed E-state index contributed by atoms with van der Waals surface area (Å²) in [4.78, 5) is 18.6. The Hall–Kier alpha value is -1.33. The first-order chi connectivity index (χ1) is 10.7. The van der Waals surface area contributed by atoms with E-state index in [2.05, 4.69) is 4.98 Å².